The molecule has 0 aromatic carbocycles. The van der Waals surface area contributed by atoms with Crippen LogP contribution in [-0.4, -0.2) is 65.8 Å². The SMILES string of the molecule is CC1CCN(C(=O)N2CCOCC2)C(C(=O)O)C1. The van der Waals surface area contributed by atoms with Crippen LogP contribution in [0.4, 0.5) is 4.79 Å². The zero-order valence-corrected chi connectivity index (χ0v) is 10.7. The van der Waals surface area contributed by atoms with Gasteiger partial charge in [0.15, 0.2) is 0 Å². The van der Waals surface area contributed by atoms with Crippen molar-refractivity contribution >= 4 is 12.0 Å². The molecule has 2 aliphatic heterocycles. The first-order chi connectivity index (χ1) is 8.59. The molecule has 1 N–H and O–H groups in total. The van der Waals surface area contributed by atoms with Crippen molar-refractivity contribution in [3.05, 3.63) is 0 Å². The van der Waals surface area contributed by atoms with Gasteiger partial charge >= 0.3 is 12.0 Å². The largest absolute Gasteiger partial charge is 0.480 e. The lowest BCUT2D eigenvalue weighted by atomic mass is 9.92. The van der Waals surface area contributed by atoms with E-state index in [1.165, 1.54) is 4.90 Å². The third-order valence-electron chi connectivity index (χ3n) is 3.68. The van der Waals surface area contributed by atoms with E-state index >= 15 is 0 Å². The van der Waals surface area contributed by atoms with E-state index < -0.39 is 12.0 Å². The molecule has 6 nitrogen and oxygen atoms in total. The molecule has 0 bridgehead atoms. The van der Waals surface area contributed by atoms with Gasteiger partial charge in [-0.2, -0.15) is 0 Å². The molecule has 0 spiro atoms. The molecular weight excluding hydrogens is 236 g/mol. The van der Waals surface area contributed by atoms with Crippen LogP contribution in [0.1, 0.15) is 19.8 Å². The lowest BCUT2D eigenvalue weighted by molar-refractivity contribution is -0.144. The molecule has 102 valence electrons. The lowest BCUT2D eigenvalue weighted by Gasteiger charge is -2.39. The number of morpholine rings is 1. The second kappa shape index (κ2) is 5.56. The fourth-order valence-corrected chi connectivity index (χ4v) is 2.54. The van der Waals surface area contributed by atoms with Crippen LogP contribution in [0.2, 0.25) is 0 Å². The van der Waals surface area contributed by atoms with Crippen LogP contribution < -0.4 is 0 Å². The third-order valence-corrected chi connectivity index (χ3v) is 3.68. The quantitative estimate of drug-likeness (QED) is 0.747. The van der Waals surface area contributed by atoms with E-state index in [4.69, 9.17) is 4.74 Å². The maximum Gasteiger partial charge on any atom is 0.326 e. The number of nitrogens with zero attached hydrogens (tertiary/aromatic N) is 2. The highest BCUT2D eigenvalue weighted by Crippen LogP contribution is 2.24. The molecule has 0 radical (unpaired) electrons. The second-order valence-corrected chi connectivity index (χ2v) is 5.06. The molecule has 2 unspecified atom stereocenters. The summed E-state index contributed by atoms with van der Waals surface area (Å²) in [5.74, 6) is -0.539. The number of carboxylic acids is 1. The van der Waals surface area contributed by atoms with Gasteiger partial charge in [-0.1, -0.05) is 6.92 Å². The molecular formula is C12H20N2O4. The summed E-state index contributed by atoms with van der Waals surface area (Å²) >= 11 is 0. The van der Waals surface area contributed by atoms with Crippen molar-refractivity contribution in [1.82, 2.24) is 9.80 Å². The number of rotatable bonds is 1. The molecule has 6 heteroatoms. The fraction of sp³-hybridized carbons (Fsp3) is 0.833. The highest BCUT2D eigenvalue weighted by atomic mass is 16.5. The minimum Gasteiger partial charge on any atom is -0.480 e. The van der Waals surface area contributed by atoms with Crippen LogP contribution in [0.5, 0.6) is 0 Å². The van der Waals surface area contributed by atoms with Crippen LogP contribution in [0, 0.1) is 5.92 Å². The summed E-state index contributed by atoms with van der Waals surface area (Å²) in [7, 11) is 0. The Labute approximate surface area is 106 Å². The van der Waals surface area contributed by atoms with E-state index in [9.17, 15) is 14.7 Å². The molecule has 0 saturated carbocycles. The van der Waals surface area contributed by atoms with E-state index in [1.54, 1.807) is 4.90 Å². The summed E-state index contributed by atoms with van der Waals surface area (Å²) in [6, 6.07) is -0.832. The summed E-state index contributed by atoms with van der Waals surface area (Å²) in [6.07, 6.45) is 1.42. The Bertz CT molecular complexity index is 328. The van der Waals surface area contributed by atoms with Gasteiger partial charge in [-0.3, -0.25) is 0 Å². The minimum absolute atomic E-state index is 0.155. The molecule has 0 aromatic heterocycles. The average molecular weight is 256 g/mol. The van der Waals surface area contributed by atoms with Crippen LogP contribution in [0.15, 0.2) is 0 Å². The summed E-state index contributed by atoms with van der Waals surface area (Å²) in [5.41, 5.74) is 0. The zero-order chi connectivity index (χ0) is 13.1. The molecule has 18 heavy (non-hydrogen) atoms. The van der Waals surface area contributed by atoms with Crippen molar-refractivity contribution in [1.29, 1.82) is 0 Å². The van der Waals surface area contributed by atoms with Gasteiger partial charge in [-0.05, 0) is 18.8 Å². The minimum atomic E-state index is -0.900. The Morgan fingerprint density at radius 1 is 1.22 bits per heavy atom. The molecule has 2 aliphatic rings. The highest BCUT2D eigenvalue weighted by molar-refractivity contribution is 5.83. The van der Waals surface area contributed by atoms with Crippen LogP contribution in [0.25, 0.3) is 0 Å². The van der Waals surface area contributed by atoms with Gasteiger partial charge in [0.1, 0.15) is 6.04 Å². The molecule has 2 heterocycles. The maximum atomic E-state index is 12.3. The Kier molecular flexibility index (Phi) is 4.06. The van der Waals surface area contributed by atoms with Crippen molar-refractivity contribution in [3.8, 4) is 0 Å². The van der Waals surface area contributed by atoms with Crippen molar-refractivity contribution in [2.75, 3.05) is 32.8 Å². The van der Waals surface area contributed by atoms with Crippen LogP contribution >= 0.6 is 0 Å². The van der Waals surface area contributed by atoms with Gasteiger partial charge < -0.3 is 19.6 Å². The number of carboxylic acid groups (broad SMARTS) is 1. The number of carbonyl (C=O) groups excluding carboxylic acids is 1. The van der Waals surface area contributed by atoms with E-state index in [0.717, 1.165) is 6.42 Å². The van der Waals surface area contributed by atoms with Crippen molar-refractivity contribution in [3.63, 3.8) is 0 Å². The molecule has 0 aromatic rings. The topological polar surface area (TPSA) is 70.1 Å². The number of ether oxygens (including phenoxy) is 1. The number of hydrogen-bond donors (Lipinski definition) is 1. The standard InChI is InChI=1S/C12H20N2O4/c1-9-2-3-14(10(8-9)11(15)16)12(17)13-4-6-18-7-5-13/h9-10H,2-8H2,1H3,(H,15,16). The van der Waals surface area contributed by atoms with Gasteiger partial charge in [0.05, 0.1) is 13.2 Å². The Morgan fingerprint density at radius 2 is 1.89 bits per heavy atom. The Hall–Kier alpha value is -1.30. The van der Waals surface area contributed by atoms with Crippen molar-refractivity contribution in [2.45, 2.75) is 25.8 Å². The van der Waals surface area contributed by atoms with Gasteiger partial charge in [-0.25, -0.2) is 9.59 Å². The zero-order valence-electron chi connectivity index (χ0n) is 10.7. The fourth-order valence-electron chi connectivity index (χ4n) is 2.54. The monoisotopic (exact) mass is 256 g/mol. The van der Waals surface area contributed by atoms with Crippen LogP contribution in [0.3, 0.4) is 0 Å². The first-order valence-electron chi connectivity index (χ1n) is 6.45. The van der Waals surface area contributed by atoms with Gasteiger partial charge in [0.2, 0.25) is 0 Å². The molecule has 2 fully saturated rings. The predicted molar refractivity (Wildman–Crippen MR) is 64.3 cm³/mol. The Balaban J connectivity index is 2.04. The summed E-state index contributed by atoms with van der Waals surface area (Å²) in [6.45, 7) is 4.75. The molecule has 2 saturated heterocycles. The molecule has 0 aliphatic carbocycles. The smallest absolute Gasteiger partial charge is 0.326 e. The lowest BCUT2D eigenvalue weighted by Crippen LogP contribution is -2.56. The molecule has 2 amide bonds. The number of hydrogen-bond acceptors (Lipinski definition) is 3. The predicted octanol–water partition coefficient (Wildman–Crippen LogP) is 0.624. The van der Waals surface area contributed by atoms with Crippen molar-refractivity contribution in [2.24, 2.45) is 5.92 Å². The highest BCUT2D eigenvalue weighted by Gasteiger charge is 2.36. The Morgan fingerprint density at radius 3 is 2.50 bits per heavy atom. The first-order valence-corrected chi connectivity index (χ1v) is 6.45. The van der Waals surface area contributed by atoms with E-state index in [-0.39, 0.29) is 6.03 Å². The summed E-state index contributed by atoms with van der Waals surface area (Å²) < 4.78 is 5.20. The summed E-state index contributed by atoms with van der Waals surface area (Å²) in [4.78, 5) is 26.8. The van der Waals surface area contributed by atoms with E-state index in [2.05, 4.69) is 0 Å². The number of carbonyl (C=O) groups is 2. The average Bonchev–Trinajstić information content (AvgIpc) is 2.39. The molecule has 2 rings (SSSR count). The second-order valence-electron chi connectivity index (χ2n) is 5.06. The van der Waals surface area contributed by atoms with Crippen molar-refractivity contribution < 1.29 is 19.4 Å². The van der Waals surface area contributed by atoms with Gasteiger partial charge in [0.25, 0.3) is 0 Å². The summed E-state index contributed by atoms with van der Waals surface area (Å²) in [5, 5.41) is 9.24. The number of likely N-dealkylation sites (tertiary alicyclic amines) is 1. The van der Waals surface area contributed by atoms with Crippen LogP contribution in [-0.2, 0) is 9.53 Å². The van der Waals surface area contributed by atoms with E-state index in [0.29, 0.717) is 45.2 Å². The normalized spacial score (nSPS) is 29.2. The van der Waals surface area contributed by atoms with Gasteiger partial charge in [-0.15, -0.1) is 0 Å². The number of urea groups is 1. The van der Waals surface area contributed by atoms with E-state index in [1.807, 2.05) is 6.92 Å². The first kappa shape index (κ1) is 13.1. The molecule has 2 atom stereocenters. The van der Waals surface area contributed by atoms with Gasteiger partial charge in [0, 0.05) is 19.6 Å². The number of aliphatic carboxylic acids is 1. The number of piperidine rings is 1. The third kappa shape index (κ3) is 2.75. The number of amides is 2. The maximum absolute atomic E-state index is 12.3.